The van der Waals surface area contributed by atoms with Gasteiger partial charge in [-0.05, 0) is 43.4 Å². The molecule has 0 radical (unpaired) electrons. The van der Waals surface area contributed by atoms with E-state index in [0.717, 1.165) is 49.0 Å². The van der Waals surface area contributed by atoms with E-state index in [1.165, 1.54) is 5.69 Å². The number of piperazine rings is 1. The summed E-state index contributed by atoms with van der Waals surface area (Å²) in [5.41, 5.74) is 3.08. The predicted octanol–water partition coefficient (Wildman–Crippen LogP) is 4.27. The van der Waals surface area contributed by atoms with Gasteiger partial charge in [-0.1, -0.05) is 30.3 Å². The minimum atomic E-state index is -0.00462. The lowest BCUT2D eigenvalue weighted by Crippen LogP contribution is -2.44. The Hall–Kier alpha value is -3.05. The van der Waals surface area contributed by atoms with E-state index in [1.54, 1.807) is 0 Å². The molecule has 0 saturated carbocycles. The smallest absolute Gasteiger partial charge is 0.224 e. The topological polar surface area (TPSA) is 48.7 Å². The molecule has 3 aromatic rings. The average Bonchev–Trinajstić information content (AvgIpc) is 3.23. The van der Waals surface area contributed by atoms with Crippen LogP contribution in [0.15, 0.2) is 71.1 Å². The van der Waals surface area contributed by atoms with Gasteiger partial charge < -0.3 is 19.5 Å². The maximum absolute atomic E-state index is 12.3. The van der Waals surface area contributed by atoms with E-state index >= 15 is 0 Å². The number of likely N-dealkylation sites (N-methyl/N-ethyl adjacent to an activating group) is 1. The fourth-order valence-corrected chi connectivity index (χ4v) is 3.55. The van der Waals surface area contributed by atoms with Gasteiger partial charge in [-0.15, -0.1) is 0 Å². The second kappa shape index (κ2) is 8.97. The molecule has 1 aromatic heterocycles. The zero-order valence-corrected chi connectivity index (χ0v) is 16.8. The zero-order chi connectivity index (χ0) is 20.1. The van der Waals surface area contributed by atoms with E-state index in [2.05, 4.69) is 34.3 Å². The number of benzene rings is 2. The van der Waals surface area contributed by atoms with Crippen LogP contribution >= 0.6 is 0 Å². The molecule has 0 bridgehead atoms. The summed E-state index contributed by atoms with van der Waals surface area (Å²) in [6, 6.07) is 22.0. The Labute approximate surface area is 171 Å². The van der Waals surface area contributed by atoms with E-state index < -0.39 is 0 Å². The van der Waals surface area contributed by atoms with Gasteiger partial charge in [0.15, 0.2) is 0 Å². The van der Waals surface area contributed by atoms with Crippen LogP contribution in [0.4, 0.5) is 11.4 Å². The van der Waals surface area contributed by atoms with Crippen molar-refractivity contribution in [2.24, 2.45) is 0 Å². The van der Waals surface area contributed by atoms with Crippen molar-refractivity contribution in [3.63, 3.8) is 0 Å². The van der Waals surface area contributed by atoms with Gasteiger partial charge in [0.25, 0.3) is 0 Å². The molecular formula is C24H27N3O2. The number of aryl methyl sites for hydroxylation is 1. The summed E-state index contributed by atoms with van der Waals surface area (Å²) in [6.07, 6.45) is 0.972. The van der Waals surface area contributed by atoms with Crippen LogP contribution in [0, 0.1) is 0 Å². The number of nitrogens with zero attached hydrogens (tertiary/aromatic N) is 2. The van der Waals surface area contributed by atoms with Gasteiger partial charge in [-0.2, -0.15) is 0 Å². The van der Waals surface area contributed by atoms with Crippen LogP contribution in [0.5, 0.6) is 0 Å². The number of rotatable bonds is 6. The monoisotopic (exact) mass is 389 g/mol. The second-order valence-electron chi connectivity index (χ2n) is 7.52. The highest BCUT2D eigenvalue weighted by molar-refractivity contribution is 5.91. The van der Waals surface area contributed by atoms with E-state index in [1.807, 2.05) is 54.6 Å². The Kier molecular flexibility index (Phi) is 5.96. The van der Waals surface area contributed by atoms with E-state index in [0.29, 0.717) is 12.8 Å². The van der Waals surface area contributed by atoms with Crippen molar-refractivity contribution in [2.45, 2.75) is 12.8 Å². The number of furan rings is 1. The molecule has 29 heavy (non-hydrogen) atoms. The fraction of sp³-hybridized carbons (Fsp3) is 0.292. The molecule has 0 aliphatic carbocycles. The number of nitrogens with one attached hydrogen (secondary N) is 1. The minimum Gasteiger partial charge on any atom is -0.461 e. The average molecular weight is 389 g/mol. The molecule has 5 nitrogen and oxygen atoms in total. The summed E-state index contributed by atoms with van der Waals surface area (Å²) < 4.78 is 5.87. The molecule has 1 aliphatic heterocycles. The number of carbonyl (C=O) groups is 1. The van der Waals surface area contributed by atoms with Crippen molar-refractivity contribution in [1.82, 2.24) is 4.90 Å². The maximum atomic E-state index is 12.3. The molecule has 1 fully saturated rings. The number of carbonyl (C=O) groups excluding carboxylic acids is 1. The quantitative estimate of drug-likeness (QED) is 0.684. The molecule has 4 rings (SSSR count). The molecule has 150 valence electrons. The van der Waals surface area contributed by atoms with E-state index in [9.17, 15) is 4.79 Å². The van der Waals surface area contributed by atoms with Crippen molar-refractivity contribution >= 4 is 17.3 Å². The summed E-state index contributed by atoms with van der Waals surface area (Å²) in [4.78, 5) is 17.0. The third-order valence-corrected chi connectivity index (χ3v) is 5.34. The lowest BCUT2D eigenvalue weighted by atomic mass is 10.2. The van der Waals surface area contributed by atoms with Crippen LogP contribution in [0.25, 0.3) is 11.3 Å². The molecule has 2 heterocycles. The lowest BCUT2D eigenvalue weighted by Gasteiger charge is -2.34. The molecular weight excluding hydrogens is 362 g/mol. The van der Waals surface area contributed by atoms with Crippen molar-refractivity contribution in [3.8, 4) is 11.3 Å². The summed E-state index contributed by atoms with van der Waals surface area (Å²) >= 11 is 0. The Morgan fingerprint density at radius 3 is 2.38 bits per heavy atom. The van der Waals surface area contributed by atoms with Gasteiger partial charge in [-0.25, -0.2) is 0 Å². The standard InChI is InChI=1S/C24H27N3O2/c1-26-15-17-27(18-16-26)21-9-7-20(8-10-21)25-24(28)14-12-22-11-13-23(29-22)19-5-3-2-4-6-19/h2-11,13H,12,14-18H2,1H3,(H,25,28). The molecule has 0 atom stereocenters. The van der Waals surface area contributed by atoms with Gasteiger partial charge in [0.1, 0.15) is 11.5 Å². The van der Waals surface area contributed by atoms with Crippen LogP contribution in [0.3, 0.4) is 0 Å². The summed E-state index contributed by atoms with van der Waals surface area (Å²) in [6.45, 7) is 4.24. The van der Waals surface area contributed by atoms with Crippen molar-refractivity contribution < 1.29 is 9.21 Å². The third-order valence-electron chi connectivity index (χ3n) is 5.34. The van der Waals surface area contributed by atoms with Gasteiger partial charge >= 0.3 is 0 Å². The largest absolute Gasteiger partial charge is 0.461 e. The first-order valence-corrected chi connectivity index (χ1v) is 10.1. The van der Waals surface area contributed by atoms with Crippen molar-refractivity contribution in [3.05, 3.63) is 72.5 Å². The highest BCUT2D eigenvalue weighted by Gasteiger charge is 2.14. The summed E-state index contributed by atoms with van der Waals surface area (Å²) in [5, 5.41) is 2.98. The van der Waals surface area contributed by atoms with Gasteiger partial charge in [-0.3, -0.25) is 4.79 Å². The van der Waals surface area contributed by atoms with Crippen LogP contribution in [-0.4, -0.2) is 44.0 Å². The lowest BCUT2D eigenvalue weighted by molar-refractivity contribution is -0.116. The van der Waals surface area contributed by atoms with Crippen LogP contribution in [0.1, 0.15) is 12.2 Å². The van der Waals surface area contributed by atoms with Gasteiger partial charge in [0.05, 0.1) is 0 Å². The fourth-order valence-electron chi connectivity index (χ4n) is 3.55. The van der Waals surface area contributed by atoms with Crippen molar-refractivity contribution in [2.75, 3.05) is 43.4 Å². The Morgan fingerprint density at radius 2 is 1.66 bits per heavy atom. The molecule has 1 amide bonds. The molecule has 5 heteroatoms. The summed E-state index contributed by atoms with van der Waals surface area (Å²) in [7, 11) is 2.15. The zero-order valence-electron chi connectivity index (χ0n) is 16.8. The highest BCUT2D eigenvalue weighted by Crippen LogP contribution is 2.23. The second-order valence-corrected chi connectivity index (χ2v) is 7.52. The van der Waals surface area contributed by atoms with Crippen LogP contribution in [-0.2, 0) is 11.2 Å². The maximum Gasteiger partial charge on any atom is 0.224 e. The van der Waals surface area contributed by atoms with Gasteiger partial charge in [0, 0.05) is 56.0 Å². The molecule has 2 aromatic carbocycles. The number of hydrogen-bond donors (Lipinski definition) is 1. The molecule has 1 aliphatic rings. The molecule has 1 saturated heterocycles. The van der Waals surface area contributed by atoms with E-state index in [-0.39, 0.29) is 5.91 Å². The Balaban J connectivity index is 1.27. The number of amides is 1. The van der Waals surface area contributed by atoms with E-state index in [4.69, 9.17) is 4.42 Å². The van der Waals surface area contributed by atoms with Gasteiger partial charge in [0.2, 0.25) is 5.91 Å². The van der Waals surface area contributed by atoms with Crippen molar-refractivity contribution in [1.29, 1.82) is 0 Å². The first-order chi connectivity index (χ1) is 14.2. The first kappa shape index (κ1) is 19.3. The number of hydrogen-bond acceptors (Lipinski definition) is 4. The first-order valence-electron chi connectivity index (χ1n) is 10.1. The normalized spacial score (nSPS) is 14.7. The SMILES string of the molecule is CN1CCN(c2ccc(NC(=O)CCc3ccc(-c4ccccc4)o3)cc2)CC1. The molecule has 1 N–H and O–H groups in total. The third kappa shape index (κ3) is 5.06. The summed E-state index contributed by atoms with van der Waals surface area (Å²) in [5.74, 6) is 1.65. The minimum absolute atomic E-state index is 0.00462. The van der Waals surface area contributed by atoms with Crippen LogP contribution in [0.2, 0.25) is 0 Å². The predicted molar refractivity (Wildman–Crippen MR) is 117 cm³/mol. The molecule has 0 unspecified atom stereocenters. The Bertz CT molecular complexity index is 926. The van der Waals surface area contributed by atoms with Crippen LogP contribution < -0.4 is 10.2 Å². The Morgan fingerprint density at radius 1 is 0.931 bits per heavy atom. The molecule has 0 spiro atoms. The highest BCUT2D eigenvalue weighted by atomic mass is 16.3. The number of anilines is 2.